The molecule has 0 aliphatic carbocycles. The minimum absolute atomic E-state index is 0.125. The van der Waals surface area contributed by atoms with Crippen LogP contribution >= 0.6 is 0 Å². The van der Waals surface area contributed by atoms with Gasteiger partial charge in [-0.1, -0.05) is 88.4 Å². The first-order valence-corrected chi connectivity index (χ1v) is 14.2. The fraction of sp³-hybridized carbons (Fsp3) is 0.429. The van der Waals surface area contributed by atoms with Crippen LogP contribution in [0.15, 0.2) is 60.7 Å². The molecule has 0 aliphatic heterocycles. The quantitative estimate of drug-likeness (QED) is 0.136. The normalized spacial score (nSPS) is 12.4. The number of hydrogen-bond donors (Lipinski definition) is 1. The predicted molar refractivity (Wildman–Crippen MR) is 160 cm³/mol. The summed E-state index contributed by atoms with van der Waals surface area (Å²) in [5.74, 6) is -0.229. The smallest absolute Gasteiger partial charge is 0.127 e. The third-order valence-corrected chi connectivity index (χ3v) is 8.54. The highest BCUT2D eigenvalue weighted by Gasteiger charge is 2.31. The first-order chi connectivity index (χ1) is 18.7. The lowest BCUT2D eigenvalue weighted by atomic mass is 9.69. The van der Waals surface area contributed by atoms with E-state index in [1.165, 1.54) is 23.8 Å². The molecule has 0 saturated carbocycles. The Morgan fingerprint density at radius 2 is 1.46 bits per heavy atom. The summed E-state index contributed by atoms with van der Waals surface area (Å²) < 4.78 is 14.8. The maximum absolute atomic E-state index is 14.8. The number of aryl methyl sites for hydroxylation is 2. The van der Waals surface area contributed by atoms with Gasteiger partial charge in [0.2, 0.25) is 0 Å². The molecule has 4 heteroatoms. The van der Waals surface area contributed by atoms with Crippen LogP contribution in [-0.2, 0) is 21.6 Å². The van der Waals surface area contributed by atoms with Gasteiger partial charge in [0.05, 0.1) is 19.3 Å². The van der Waals surface area contributed by atoms with E-state index in [4.69, 9.17) is 4.89 Å². The van der Waals surface area contributed by atoms with Crippen LogP contribution in [0.4, 0.5) is 4.39 Å². The van der Waals surface area contributed by atoms with Gasteiger partial charge in [-0.2, -0.15) is 0 Å². The summed E-state index contributed by atoms with van der Waals surface area (Å²) in [6.07, 6.45) is 7.78. The fourth-order valence-corrected chi connectivity index (χ4v) is 5.56. The van der Waals surface area contributed by atoms with Crippen LogP contribution in [0.1, 0.15) is 86.8 Å². The highest BCUT2D eigenvalue weighted by Crippen LogP contribution is 2.41. The number of benzene rings is 3. The molecule has 0 bridgehead atoms. The van der Waals surface area contributed by atoms with E-state index in [0.29, 0.717) is 31.4 Å². The molecule has 0 heterocycles. The molecule has 3 nitrogen and oxygen atoms in total. The molecule has 0 saturated heterocycles. The molecule has 0 amide bonds. The number of rotatable bonds is 13. The van der Waals surface area contributed by atoms with Crippen molar-refractivity contribution >= 4 is 6.08 Å². The van der Waals surface area contributed by atoms with Gasteiger partial charge in [-0.05, 0) is 90.1 Å². The van der Waals surface area contributed by atoms with Crippen LogP contribution in [0.25, 0.3) is 17.2 Å². The van der Waals surface area contributed by atoms with E-state index in [2.05, 4.69) is 75.1 Å². The lowest BCUT2D eigenvalue weighted by Gasteiger charge is -2.34. The van der Waals surface area contributed by atoms with Gasteiger partial charge in [-0.3, -0.25) is 0 Å². The van der Waals surface area contributed by atoms with Crippen LogP contribution in [0.3, 0.4) is 0 Å². The molecule has 0 fully saturated rings. The van der Waals surface area contributed by atoms with Crippen molar-refractivity contribution in [3.8, 4) is 11.1 Å². The van der Waals surface area contributed by atoms with Gasteiger partial charge in [0.1, 0.15) is 5.82 Å². The van der Waals surface area contributed by atoms with Crippen molar-refractivity contribution < 1.29 is 19.3 Å². The molecular formula is C35H45FO3. The molecule has 0 aliphatic rings. The second kappa shape index (κ2) is 13.5. The van der Waals surface area contributed by atoms with Gasteiger partial charge < -0.3 is 5.11 Å². The number of aliphatic hydroxyl groups is 1. The van der Waals surface area contributed by atoms with Gasteiger partial charge in [-0.25, -0.2) is 14.2 Å². The first-order valence-electron chi connectivity index (χ1n) is 14.2. The van der Waals surface area contributed by atoms with Crippen LogP contribution in [0.2, 0.25) is 0 Å². The molecule has 3 aromatic carbocycles. The summed E-state index contributed by atoms with van der Waals surface area (Å²) >= 11 is 0. The lowest BCUT2D eigenvalue weighted by molar-refractivity contribution is -0.271. The van der Waals surface area contributed by atoms with Crippen LogP contribution < -0.4 is 0 Å². The molecule has 3 rings (SSSR count). The summed E-state index contributed by atoms with van der Waals surface area (Å²) in [7, 11) is 1.45. The SMILES string of the molecule is CCC(O)(/C=C/c1ccc(C(CC)(CC)c2ccc(-c3ccc(CCOOC)c(F)c3)c(C)c2)cc1C)CC. The lowest BCUT2D eigenvalue weighted by Crippen LogP contribution is -2.26. The van der Waals surface area contributed by atoms with Gasteiger partial charge in [0.25, 0.3) is 0 Å². The number of halogens is 1. The molecule has 0 radical (unpaired) electrons. The van der Waals surface area contributed by atoms with Gasteiger partial charge >= 0.3 is 0 Å². The Morgan fingerprint density at radius 1 is 0.821 bits per heavy atom. The Bertz CT molecular complexity index is 1270. The van der Waals surface area contributed by atoms with Crippen LogP contribution in [0.5, 0.6) is 0 Å². The van der Waals surface area contributed by atoms with E-state index in [1.807, 2.05) is 32.1 Å². The molecular weight excluding hydrogens is 487 g/mol. The van der Waals surface area contributed by atoms with E-state index in [-0.39, 0.29) is 11.2 Å². The second-order valence-electron chi connectivity index (χ2n) is 10.6. The predicted octanol–water partition coefficient (Wildman–Crippen LogP) is 8.90. The van der Waals surface area contributed by atoms with Crippen molar-refractivity contribution in [2.45, 2.75) is 84.7 Å². The van der Waals surface area contributed by atoms with Crippen molar-refractivity contribution in [2.75, 3.05) is 13.7 Å². The van der Waals surface area contributed by atoms with Crippen molar-refractivity contribution in [2.24, 2.45) is 0 Å². The molecule has 1 N–H and O–H groups in total. The Balaban J connectivity index is 1.94. The van der Waals surface area contributed by atoms with E-state index in [0.717, 1.165) is 35.1 Å². The average molecular weight is 533 g/mol. The van der Waals surface area contributed by atoms with Crippen molar-refractivity contribution in [1.29, 1.82) is 0 Å². The Labute approximate surface area is 234 Å². The maximum atomic E-state index is 14.8. The van der Waals surface area contributed by atoms with Crippen LogP contribution in [-0.4, -0.2) is 24.4 Å². The molecule has 39 heavy (non-hydrogen) atoms. The summed E-state index contributed by atoms with van der Waals surface area (Å²) in [4.78, 5) is 9.51. The third kappa shape index (κ3) is 6.87. The Hall–Kier alpha value is -2.79. The summed E-state index contributed by atoms with van der Waals surface area (Å²) in [6, 6.07) is 18.8. The minimum Gasteiger partial charge on any atom is -0.386 e. The van der Waals surface area contributed by atoms with E-state index in [9.17, 15) is 9.50 Å². The zero-order valence-corrected chi connectivity index (χ0v) is 24.7. The molecule has 3 aromatic rings. The Kier molecular flexibility index (Phi) is 10.7. The van der Waals surface area contributed by atoms with Crippen LogP contribution in [0, 0.1) is 19.7 Å². The second-order valence-corrected chi connectivity index (χ2v) is 10.6. The van der Waals surface area contributed by atoms with Gasteiger partial charge in [0, 0.05) is 11.8 Å². The van der Waals surface area contributed by atoms with Gasteiger partial charge in [0.15, 0.2) is 0 Å². The number of hydrogen-bond acceptors (Lipinski definition) is 3. The summed E-state index contributed by atoms with van der Waals surface area (Å²) in [5.41, 5.74) is 7.67. The fourth-order valence-electron chi connectivity index (χ4n) is 5.56. The summed E-state index contributed by atoms with van der Waals surface area (Å²) in [5, 5.41) is 10.7. The molecule has 0 aromatic heterocycles. The third-order valence-electron chi connectivity index (χ3n) is 8.54. The topological polar surface area (TPSA) is 38.7 Å². The highest BCUT2D eigenvalue weighted by molar-refractivity contribution is 5.69. The zero-order valence-electron chi connectivity index (χ0n) is 24.7. The van der Waals surface area contributed by atoms with Crippen molar-refractivity contribution in [3.05, 3.63) is 99.9 Å². The monoisotopic (exact) mass is 532 g/mol. The van der Waals surface area contributed by atoms with Crippen molar-refractivity contribution in [1.82, 2.24) is 0 Å². The minimum atomic E-state index is -0.761. The molecule has 210 valence electrons. The largest absolute Gasteiger partial charge is 0.386 e. The molecule has 0 spiro atoms. The Morgan fingerprint density at radius 3 is 2.00 bits per heavy atom. The van der Waals surface area contributed by atoms with Crippen molar-refractivity contribution in [3.63, 3.8) is 0 Å². The van der Waals surface area contributed by atoms with E-state index < -0.39 is 5.60 Å². The standard InChI is InChI=1S/C35H45FO3/c1-8-34(37,9-2)20-18-27-14-15-30(22-25(27)5)35(10-3,11-4)31-16-17-32(26(6)23-31)29-13-12-28(33(36)24-29)19-21-39-38-7/h12-18,20,22-24,37H,8-11,19,21H2,1-7H3/b20-18+. The summed E-state index contributed by atoms with van der Waals surface area (Å²) in [6.45, 7) is 13.1. The average Bonchev–Trinajstić information content (AvgIpc) is 2.94. The highest BCUT2D eigenvalue weighted by atomic mass is 19.1. The van der Waals surface area contributed by atoms with E-state index >= 15 is 0 Å². The maximum Gasteiger partial charge on any atom is 0.127 e. The van der Waals surface area contributed by atoms with E-state index in [1.54, 1.807) is 6.07 Å². The van der Waals surface area contributed by atoms with Gasteiger partial charge in [-0.15, -0.1) is 0 Å². The zero-order chi connectivity index (χ0) is 28.6. The molecule has 0 atom stereocenters. The first kappa shape index (κ1) is 30.7. The molecule has 0 unspecified atom stereocenters.